The van der Waals surface area contributed by atoms with Gasteiger partial charge in [-0.2, -0.15) is 0 Å². The summed E-state index contributed by atoms with van der Waals surface area (Å²) < 4.78 is 7.79. The van der Waals surface area contributed by atoms with E-state index in [0.717, 1.165) is 5.52 Å². The first-order valence-corrected chi connectivity index (χ1v) is 9.43. The molecule has 1 aromatic heterocycles. The number of hydrogen-bond donors (Lipinski definition) is 1. The average molecular weight is 384 g/mol. The molecule has 1 N–H and O–H groups in total. The Morgan fingerprint density at radius 3 is 2.41 bits per heavy atom. The zero-order valence-electron chi connectivity index (χ0n) is 16.0. The summed E-state index contributed by atoms with van der Waals surface area (Å²) >= 11 is 0. The number of ether oxygens (including phenoxy) is 1. The van der Waals surface area contributed by atoms with Crippen LogP contribution in [0.4, 0.5) is 5.69 Å². The van der Waals surface area contributed by atoms with E-state index in [1.807, 2.05) is 60.0 Å². The number of benzene rings is 3. The second kappa shape index (κ2) is 8.02. The van der Waals surface area contributed by atoms with E-state index in [1.165, 1.54) is 0 Å². The third-order valence-electron chi connectivity index (χ3n) is 4.68. The second-order valence-electron chi connectivity index (χ2n) is 6.54. The van der Waals surface area contributed by atoms with E-state index in [-0.39, 0.29) is 11.0 Å². The molecule has 0 aliphatic carbocycles. The lowest BCUT2D eigenvalue weighted by molar-refractivity contribution is 0.102. The van der Waals surface area contributed by atoms with Crippen LogP contribution in [-0.2, 0) is 6.54 Å². The zero-order valence-corrected chi connectivity index (χ0v) is 16.0. The number of fused-ring (bicyclic) bond motifs is 1. The third kappa shape index (κ3) is 3.75. The topological polar surface area (TPSA) is 60.3 Å². The molecule has 29 heavy (non-hydrogen) atoms. The number of pyridine rings is 1. The normalized spacial score (nSPS) is 10.7. The van der Waals surface area contributed by atoms with Gasteiger partial charge < -0.3 is 14.6 Å². The summed E-state index contributed by atoms with van der Waals surface area (Å²) in [4.78, 5) is 25.9. The van der Waals surface area contributed by atoms with E-state index < -0.39 is 5.91 Å². The van der Waals surface area contributed by atoms with Crippen LogP contribution in [0.25, 0.3) is 10.9 Å². The molecule has 0 bridgehead atoms. The molecule has 0 saturated carbocycles. The van der Waals surface area contributed by atoms with Gasteiger partial charge in [-0.1, -0.05) is 42.5 Å². The molecule has 0 aliphatic rings. The summed E-state index contributed by atoms with van der Waals surface area (Å²) in [5.41, 5.74) is 1.12. The van der Waals surface area contributed by atoms with E-state index >= 15 is 0 Å². The Bertz CT molecular complexity index is 1230. The molecule has 0 radical (unpaired) electrons. The second-order valence-corrected chi connectivity index (χ2v) is 6.54. The molecule has 5 nitrogen and oxygen atoms in total. The maximum Gasteiger partial charge on any atom is 0.261 e. The Kier molecular flexibility index (Phi) is 5.12. The molecule has 3 aromatic carbocycles. The van der Waals surface area contributed by atoms with Crippen LogP contribution in [0, 0.1) is 0 Å². The van der Waals surface area contributed by atoms with Gasteiger partial charge in [-0.05, 0) is 43.3 Å². The number of rotatable bonds is 5. The van der Waals surface area contributed by atoms with Crippen LogP contribution in [0.5, 0.6) is 11.5 Å². The first kappa shape index (κ1) is 18.5. The van der Waals surface area contributed by atoms with E-state index in [0.29, 0.717) is 29.1 Å². The SMILES string of the molecule is CCn1cc(C(=O)Nc2ccccc2Oc2ccccc2)c(=O)c2ccccc21. The van der Waals surface area contributed by atoms with Gasteiger partial charge in [0.2, 0.25) is 5.43 Å². The van der Waals surface area contributed by atoms with E-state index in [2.05, 4.69) is 5.32 Å². The molecule has 4 rings (SSSR count). The smallest absolute Gasteiger partial charge is 0.261 e. The molecule has 1 heterocycles. The summed E-state index contributed by atoms with van der Waals surface area (Å²) in [6, 6.07) is 23.8. The number of carbonyl (C=O) groups excluding carboxylic acids is 1. The van der Waals surface area contributed by atoms with Crippen LogP contribution >= 0.6 is 0 Å². The van der Waals surface area contributed by atoms with Crippen LogP contribution in [0.2, 0.25) is 0 Å². The van der Waals surface area contributed by atoms with Crippen molar-refractivity contribution < 1.29 is 9.53 Å². The molecular formula is C24H20N2O3. The highest BCUT2D eigenvalue weighted by Crippen LogP contribution is 2.29. The van der Waals surface area contributed by atoms with Crippen molar-refractivity contribution in [2.75, 3.05) is 5.32 Å². The van der Waals surface area contributed by atoms with E-state index in [4.69, 9.17) is 4.74 Å². The van der Waals surface area contributed by atoms with Crippen molar-refractivity contribution in [2.45, 2.75) is 13.5 Å². The van der Waals surface area contributed by atoms with Crippen molar-refractivity contribution >= 4 is 22.5 Å². The number of nitrogens with zero attached hydrogens (tertiary/aromatic N) is 1. The van der Waals surface area contributed by atoms with Crippen molar-refractivity contribution in [3.8, 4) is 11.5 Å². The summed E-state index contributed by atoms with van der Waals surface area (Å²) in [7, 11) is 0. The fourth-order valence-corrected chi connectivity index (χ4v) is 3.23. The van der Waals surface area contributed by atoms with Crippen molar-refractivity contribution in [3.05, 3.63) is 101 Å². The lowest BCUT2D eigenvalue weighted by Crippen LogP contribution is -2.24. The lowest BCUT2D eigenvalue weighted by atomic mass is 10.1. The predicted octanol–water partition coefficient (Wildman–Crippen LogP) is 5.07. The first-order chi connectivity index (χ1) is 14.2. The average Bonchev–Trinajstić information content (AvgIpc) is 2.76. The van der Waals surface area contributed by atoms with Crippen LogP contribution in [-0.4, -0.2) is 10.5 Å². The number of amides is 1. The third-order valence-corrected chi connectivity index (χ3v) is 4.68. The van der Waals surface area contributed by atoms with E-state index in [1.54, 1.807) is 36.5 Å². The fraction of sp³-hybridized carbons (Fsp3) is 0.0833. The van der Waals surface area contributed by atoms with Gasteiger partial charge in [0.15, 0.2) is 5.75 Å². The quantitative estimate of drug-likeness (QED) is 0.523. The van der Waals surface area contributed by atoms with Crippen LogP contribution in [0.1, 0.15) is 17.3 Å². The highest BCUT2D eigenvalue weighted by Gasteiger charge is 2.17. The van der Waals surface area contributed by atoms with Crippen molar-refractivity contribution in [1.82, 2.24) is 4.57 Å². The molecule has 0 unspecified atom stereocenters. The number of nitrogens with one attached hydrogen (secondary N) is 1. The number of hydrogen-bond acceptors (Lipinski definition) is 3. The molecule has 0 aliphatic heterocycles. The van der Waals surface area contributed by atoms with Gasteiger partial charge in [0.25, 0.3) is 5.91 Å². The lowest BCUT2D eigenvalue weighted by Gasteiger charge is -2.14. The van der Waals surface area contributed by atoms with E-state index in [9.17, 15) is 9.59 Å². The molecule has 0 fully saturated rings. The maximum atomic E-state index is 13.0. The summed E-state index contributed by atoms with van der Waals surface area (Å²) in [6.45, 7) is 2.62. The van der Waals surface area contributed by atoms with Crippen molar-refractivity contribution in [2.24, 2.45) is 0 Å². The Hall–Kier alpha value is -3.86. The molecule has 0 atom stereocenters. The molecular weight excluding hydrogens is 364 g/mol. The summed E-state index contributed by atoms with van der Waals surface area (Å²) in [6.07, 6.45) is 1.61. The van der Waals surface area contributed by atoms with Gasteiger partial charge in [0.1, 0.15) is 11.3 Å². The molecule has 0 spiro atoms. The minimum atomic E-state index is -0.466. The van der Waals surface area contributed by atoms with Gasteiger partial charge in [-0.25, -0.2) is 0 Å². The van der Waals surface area contributed by atoms with Gasteiger partial charge in [-0.3, -0.25) is 9.59 Å². The highest BCUT2D eigenvalue weighted by molar-refractivity contribution is 6.06. The molecule has 144 valence electrons. The van der Waals surface area contributed by atoms with Gasteiger partial charge in [0.05, 0.1) is 11.2 Å². The first-order valence-electron chi connectivity index (χ1n) is 9.43. The minimum Gasteiger partial charge on any atom is -0.455 e. The Morgan fingerprint density at radius 2 is 1.62 bits per heavy atom. The van der Waals surface area contributed by atoms with Gasteiger partial charge >= 0.3 is 0 Å². The van der Waals surface area contributed by atoms with Gasteiger partial charge in [-0.15, -0.1) is 0 Å². The number of aromatic nitrogens is 1. The van der Waals surface area contributed by atoms with Crippen LogP contribution < -0.4 is 15.5 Å². The minimum absolute atomic E-state index is 0.0973. The number of para-hydroxylation sites is 4. The van der Waals surface area contributed by atoms with Crippen LogP contribution in [0.3, 0.4) is 0 Å². The van der Waals surface area contributed by atoms with Crippen molar-refractivity contribution in [3.63, 3.8) is 0 Å². The zero-order chi connectivity index (χ0) is 20.2. The predicted molar refractivity (Wildman–Crippen MR) is 115 cm³/mol. The van der Waals surface area contributed by atoms with Crippen molar-refractivity contribution in [1.29, 1.82) is 0 Å². The highest BCUT2D eigenvalue weighted by atomic mass is 16.5. The molecule has 5 heteroatoms. The number of anilines is 1. The fourth-order valence-electron chi connectivity index (χ4n) is 3.23. The largest absolute Gasteiger partial charge is 0.455 e. The monoisotopic (exact) mass is 384 g/mol. The molecule has 0 saturated heterocycles. The Labute approximate surface area is 168 Å². The number of carbonyl (C=O) groups is 1. The maximum absolute atomic E-state index is 13.0. The van der Waals surface area contributed by atoms with Gasteiger partial charge in [0, 0.05) is 18.1 Å². The summed E-state index contributed by atoms with van der Waals surface area (Å²) in [5, 5.41) is 3.35. The Balaban J connectivity index is 1.69. The molecule has 4 aromatic rings. The Morgan fingerprint density at radius 1 is 0.931 bits per heavy atom. The number of aryl methyl sites for hydroxylation is 1. The molecule has 1 amide bonds. The summed E-state index contributed by atoms with van der Waals surface area (Å²) in [5.74, 6) is 0.698. The van der Waals surface area contributed by atoms with Crippen LogP contribution in [0.15, 0.2) is 89.9 Å². The standard InChI is InChI=1S/C24H20N2O3/c1-2-26-16-19(23(27)18-12-6-8-14-21(18)26)24(28)25-20-13-7-9-15-22(20)29-17-10-4-3-5-11-17/h3-16H,2H2,1H3,(H,25,28).